The maximum Gasteiger partial charge on any atom is 0.0799 e. The minimum absolute atomic E-state index is 0.353. The van der Waals surface area contributed by atoms with E-state index in [0.717, 1.165) is 24.8 Å². The molecule has 21 heavy (non-hydrogen) atoms. The average Bonchev–Trinajstić information content (AvgIpc) is 2.77. The van der Waals surface area contributed by atoms with Crippen LogP contribution >= 0.6 is 11.6 Å². The van der Waals surface area contributed by atoms with Gasteiger partial charge in [0.1, 0.15) is 0 Å². The predicted molar refractivity (Wildman–Crippen MR) is 93.6 cm³/mol. The van der Waals surface area contributed by atoms with Gasteiger partial charge < -0.3 is 5.11 Å². The van der Waals surface area contributed by atoms with Gasteiger partial charge in [-0.1, -0.05) is 36.7 Å². The maximum absolute atomic E-state index is 9.81. The number of rotatable bonds is 3. The monoisotopic (exact) mass is 304 g/mol. The zero-order chi connectivity index (χ0) is 16.3. The van der Waals surface area contributed by atoms with E-state index in [1.54, 1.807) is 6.92 Å². The van der Waals surface area contributed by atoms with Gasteiger partial charge in [0, 0.05) is 5.02 Å². The molecular formula is C19H25ClO. The zero-order valence-corrected chi connectivity index (χ0v) is 13.7. The molecule has 114 valence electrons. The van der Waals surface area contributed by atoms with Crippen LogP contribution in [-0.4, -0.2) is 5.11 Å². The van der Waals surface area contributed by atoms with Gasteiger partial charge in [0.2, 0.25) is 0 Å². The van der Waals surface area contributed by atoms with Crippen LogP contribution in [0.5, 0.6) is 0 Å². The number of halogens is 1. The van der Waals surface area contributed by atoms with Crippen LogP contribution in [0, 0.1) is 12.3 Å². The number of allylic oxidation sites excluding steroid dienone is 2. The third-order valence-electron chi connectivity index (χ3n) is 3.10. The minimum Gasteiger partial charge on any atom is -0.388 e. The van der Waals surface area contributed by atoms with Gasteiger partial charge in [0.15, 0.2) is 0 Å². The standard InChI is InChI=1S/C12H13ClO.C4H8.C3H4/c1-2-3-8-6-12(14)11-7-9(13)4-5-10(8)11;1-3-4-2;1-3-2/h2,4-5,7-8,12,14H,1,3,6H2;3H,1,4H2,2H3;1H,2H3. The normalized spacial score (nSPS) is 18.0. The fourth-order valence-corrected chi connectivity index (χ4v) is 2.33. The van der Waals surface area contributed by atoms with Crippen molar-refractivity contribution in [1.82, 2.24) is 0 Å². The van der Waals surface area contributed by atoms with Crippen molar-refractivity contribution in [1.29, 1.82) is 0 Å². The van der Waals surface area contributed by atoms with E-state index in [0.29, 0.717) is 10.9 Å². The van der Waals surface area contributed by atoms with Crippen LogP contribution in [0.4, 0.5) is 0 Å². The van der Waals surface area contributed by atoms with Gasteiger partial charge in [-0.2, -0.15) is 0 Å². The summed E-state index contributed by atoms with van der Waals surface area (Å²) in [6.45, 7) is 10.9. The molecule has 2 unspecified atom stereocenters. The summed E-state index contributed by atoms with van der Waals surface area (Å²) < 4.78 is 0. The van der Waals surface area contributed by atoms with Gasteiger partial charge in [-0.15, -0.1) is 25.5 Å². The Morgan fingerprint density at radius 1 is 1.38 bits per heavy atom. The number of fused-ring (bicyclic) bond motifs is 1. The van der Waals surface area contributed by atoms with Crippen LogP contribution in [0.2, 0.25) is 5.02 Å². The second-order valence-corrected chi connectivity index (χ2v) is 5.17. The molecule has 1 aliphatic rings. The maximum atomic E-state index is 9.81. The Morgan fingerprint density at radius 3 is 2.43 bits per heavy atom. The molecular weight excluding hydrogens is 280 g/mol. The van der Waals surface area contributed by atoms with Gasteiger partial charge in [0.05, 0.1) is 6.10 Å². The number of aliphatic hydroxyl groups is 1. The molecule has 0 fully saturated rings. The zero-order valence-electron chi connectivity index (χ0n) is 13.0. The molecule has 0 amide bonds. The molecule has 2 rings (SSSR count). The lowest BCUT2D eigenvalue weighted by atomic mass is 9.98. The van der Waals surface area contributed by atoms with Crippen molar-refractivity contribution < 1.29 is 5.11 Å². The van der Waals surface area contributed by atoms with Crippen LogP contribution in [-0.2, 0) is 0 Å². The van der Waals surface area contributed by atoms with Crippen molar-refractivity contribution in [3.05, 3.63) is 59.7 Å². The number of terminal acetylenes is 1. The summed E-state index contributed by atoms with van der Waals surface area (Å²) in [5, 5.41) is 10.5. The van der Waals surface area contributed by atoms with E-state index >= 15 is 0 Å². The van der Waals surface area contributed by atoms with Crippen molar-refractivity contribution >= 4 is 11.6 Å². The van der Waals surface area contributed by atoms with E-state index < -0.39 is 0 Å². The predicted octanol–water partition coefficient (Wildman–Crippen LogP) is 5.66. The van der Waals surface area contributed by atoms with Crippen molar-refractivity contribution in [2.24, 2.45) is 0 Å². The Labute approximate surface area is 134 Å². The molecule has 1 aromatic rings. The third-order valence-corrected chi connectivity index (χ3v) is 3.33. The molecule has 1 nitrogen and oxygen atoms in total. The SMILES string of the molecule is C#CC.C=CCC.C=CCC1CC(O)c2cc(Cl)ccc21. The minimum atomic E-state index is -0.353. The molecule has 0 bridgehead atoms. The van der Waals surface area contributed by atoms with Gasteiger partial charge in [-0.3, -0.25) is 0 Å². The number of hydrogen-bond donors (Lipinski definition) is 1. The van der Waals surface area contributed by atoms with Gasteiger partial charge in [0.25, 0.3) is 0 Å². The fraction of sp³-hybridized carbons (Fsp3) is 0.368. The Morgan fingerprint density at radius 2 is 1.95 bits per heavy atom. The van der Waals surface area contributed by atoms with E-state index in [-0.39, 0.29) is 6.10 Å². The summed E-state index contributed by atoms with van der Waals surface area (Å²) in [4.78, 5) is 0. The molecule has 0 aromatic heterocycles. The highest BCUT2D eigenvalue weighted by atomic mass is 35.5. The molecule has 2 heteroatoms. The molecule has 0 saturated heterocycles. The van der Waals surface area contributed by atoms with Gasteiger partial charge in [-0.25, -0.2) is 0 Å². The van der Waals surface area contributed by atoms with E-state index in [1.807, 2.05) is 30.4 Å². The second kappa shape index (κ2) is 11.2. The lowest BCUT2D eigenvalue weighted by Gasteiger charge is -2.07. The third kappa shape index (κ3) is 6.67. The molecule has 0 spiro atoms. The highest BCUT2D eigenvalue weighted by Gasteiger charge is 2.28. The van der Waals surface area contributed by atoms with Crippen molar-refractivity contribution in [2.45, 2.75) is 45.1 Å². The van der Waals surface area contributed by atoms with E-state index in [1.165, 1.54) is 5.56 Å². The van der Waals surface area contributed by atoms with Gasteiger partial charge in [-0.05, 0) is 55.4 Å². The number of aliphatic hydroxyl groups excluding tert-OH is 1. The lowest BCUT2D eigenvalue weighted by molar-refractivity contribution is 0.173. The van der Waals surface area contributed by atoms with Crippen LogP contribution in [0.3, 0.4) is 0 Å². The average molecular weight is 305 g/mol. The summed E-state index contributed by atoms with van der Waals surface area (Å²) in [5.74, 6) is 2.66. The molecule has 2 atom stereocenters. The summed E-state index contributed by atoms with van der Waals surface area (Å²) in [6.07, 6.45) is 10.8. The van der Waals surface area contributed by atoms with Crippen molar-refractivity contribution in [2.75, 3.05) is 0 Å². The summed E-state index contributed by atoms with van der Waals surface area (Å²) in [6, 6.07) is 5.77. The first-order valence-corrected chi connectivity index (χ1v) is 7.49. The fourth-order valence-electron chi connectivity index (χ4n) is 2.15. The Kier molecular flexibility index (Phi) is 10.4. The van der Waals surface area contributed by atoms with Crippen LogP contribution < -0.4 is 0 Å². The van der Waals surface area contributed by atoms with Crippen LogP contribution in [0.15, 0.2) is 43.5 Å². The Hall–Kier alpha value is -1.49. The van der Waals surface area contributed by atoms with E-state index in [4.69, 9.17) is 11.6 Å². The van der Waals surface area contributed by atoms with Crippen LogP contribution in [0.1, 0.15) is 56.3 Å². The second-order valence-electron chi connectivity index (χ2n) is 4.73. The first-order chi connectivity index (χ1) is 10.0. The topological polar surface area (TPSA) is 20.2 Å². The highest BCUT2D eigenvalue weighted by molar-refractivity contribution is 6.30. The molecule has 0 saturated carbocycles. The molecule has 0 radical (unpaired) electrons. The van der Waals surface area contributed by atoms with E-state index in [9.17, 15) is 5.11 Å². The number of benzene rings is 1. The first kappa shape index (κ1) is 19.5. The van der Waals surface area contributed by atoms with E-state index in [2.05, 4.69) is 32.4 Å². The van der Waals surface area contributed by atoms with Crippen molar-refractivity contribution in [3.63, 3.8) is 0 Å². The summed E-state index contributed by atoms with van der Waals surface area (Å²) in [7, 11) is 0. The molecule has 1 aliphatic carbocycles. The highest BCUT2D eigenvalue weighted by Crippen LogP contribution is 2.42. The van der Waals surface area contributed by atoms with Crippen molar-refractivity contribution in [3.8, 4) is 12.3 Å². The smallest absolute Gasteiger partial charge is 0.0799 e. The summed E-state index contributed by atoms with van der Waals surface area (Å²) >= 11 is 5.88. The number of hydrogen-bond acceptors (Lipinski definition) is 1. The molecule has 1 N–H and O–H groups in total. The Bertz CT molecular complexity index is 485. The summed E-state index contributed by atoms with van der Waals surface area (Å²) in [5.41, 5.74) is 2.21. The first-order valence-electron chi connectivity index (χ1n) is 7.12. The molecule has 0 heterocycles. The lowest BCUT2D eigenvalue weighted by Crippen LogP contribution is -1.90. The largest absolute Gasteiger partial charge is 0.388 e. The van der Waals surface area contributed by atoms with Crippen LogP contribution in [0.25, 0.3) is 0 Å². The molecule has 0 aliphatic heterocycles. The molecule has 1 aromatic carbocycles. The Balaban J connectivity index is 0.000000486. The van der Waals surface area contributed by atoms with Gasteiger partial charge >= 0.3 is 0 Å². The quantitative estimate of drug-likeness (QED) is 0.564.